The standard InChI is InChI=1S/C36H47N5O7Si/c1-22(48-49(8,9)36(5,6)7)31-37-16-17-41(31)29(19-38-34(45)46-35(2,3)4)28-18-30(47-39-28)24-13-10-23(11-14-24)12-15-25-26-20-40(21-27(25)26)32(42)33(43)44/h10-11,13-14,16-18,22,25-27,29H,19-21H2,1-9H3,(H,38,45)(H,43,44)/t22-,25?,26-,27+,29+/m0/s1. The van der Waals surface area contributed by atoms with Gasteiger partial charge in [-0.3, -0.25) is 4.79 Å². The van der Waals surface area contributed by atoms with Crippen LogP contribution in [0.25, 0.3) is 11.3 Å². The Morgan fingerprint density at radius 1 is 1.10 bits per heavy atom. The van der Waals surface area contributed by atoms with Crippen molar-refractivity contribution in [3.05, 3.63) is 59.8 Å². The number of fused-ring (bicyclic) bond motifs is 1. The van der Waals surface area contributed by atoms with Crippen molar-refractivity contribution in [2.75, 3.05) is 19.6 Å². The SMILES string of the molecule is C[C@H](O[Si](C)(C)C(C)(C)C)c1nccn1[C@H](CNC(=O)OC(C)(C)C)c1cc(-c2ccc(C#CC3[C@H]4CN(C(=O)C(=O)O)C[C@@H]34)cc2)on1. The molecule has 1 aromatic carbocycles. The molecule has 2 aliphatic rings. The molecule has 2 aromatic heterocycles. The number of piperidine rings is 1. The highest BCUT2D eigenvalue weighted by Gasteiger charge is 2.56. The summed E-state index contributed by atoms with van der Waals surface area (Å²) in [6.07, 6.45) is 2.75. The number of hydrogen-bond acceptors (Lipinski definition) is 8. The average Bonchev–Trinajstić information content (AvgIpc) is 3.50. The fourth-order valence-corrected chi connectivity index (χ4v) is 7.26. The van der Waals surface area contributed by atoms with Crippen LogP contribution in [0.5, 0.6) is 0 Å². The largest absolute Gasteiger partial charge is 0.474 e. The van der Waals surface area contributed by atoms with Crippen LogP contribution < -0.4 is 5.32 Å². The molecule has 1 aliphatic heterocycles. The zero-order chi connectivity index (χ0) is 35.9. The summed E-state index contributed by atoms with van der Waals surface area (Å²) in [6.45, 7) is 19.5. The van der Waals surface area contributed by atoms with Crippen molar-refractivity contribution in [3.63, 3.8) is 0 Å². The molecule has 262 valence electrons. The lowest BCUT2D eigenvalue weighted by molar-refractivity contribution is -0.155. The number of hydrogen-bond donors (Lipinski definition) is 2. The highest BCUT2D eigenvalue weighted by Crippen LogP contribution is 2.51. The van der Waals surface area contributed by atoms with E-state index in [0.717, 1.165) is 11.1 Å². The second-order valence-corrected chi connectivity index (χ2v) is 20.2. The molecule has 0 bridgehead atoms. The molecule has 1 saturated heterocycles. The minimum atomic E-state index is -2.12. The van der Waals surface area contributed by atoms with Crippen molar-refractivity contribution in [2.24, 2.45) is 17.8 Å². The topological polar surface area (TPSA) is 149 Å². The molecule has 2 N–H and O–H groups in total. The zero-order valence-corrected chi connectivity index (χ0v) is 30.7. The highest BCUT2D eigenvalue weighted by molar-refractivity contribution is 6.74. The number of aromatic nitrogens is 3. The lowest BCUT2D eigenvalue weighted by Crippen LogP contribution is -2.42. The van der Waals surface area contributed by atoms with Gasteiger partial charge in [-0.05, 0) is 81.9 Å². The van der Waals surface area contributed by atoms with Crippen LogP contribution in [0.1, 0.15) is 77.7 Å². The van der Waals surface area contributed by atoms with Gasteiger partial charge < -0.3 is 33.6 Å². The van der Waals surface area contributed by atoms with Crippen LogP contribution in [0.4, 0.5) is 4.79 Å². The van der Waals surface area contributed by atoms with E-state index in [1.165, 1.54) is 4.90 Å². The zero-order valence-electron chi connectivity index (χ0n) is 29.7. The van der Waals surface area contributed by atoms with Gasteiger partial charge in [-0.15, -0.1) is 0 Å². The van der Waals surface area contributed by atoms with Crippen molar-refractivity contribution in [1.82, 2.24) is 24.9 Å². The Kier molecular flexibility index (Phi) is 9.87. The number of rotatable bonds is 8. The fourth-order valence-electron chi connectivity index (χ4n) is 5.92. The average molecular weight is 690 g/mol. The molecule has 0 spiro atoms. The van der Waals surface area contributed by atoms with E-state index in [1.54, 1.807) is 6.20 Å². The molecule has 13 heteroatoms. The Balaban J connectivity index is 1.32. The number of carbonyl (C=O) groups excluding carboxylic acids is 2. The highest BCUT2D eigenvalue weighted by atomic mass is 28.4. The summed E-state index contributed by atoms with van der Waals surface area (Å²) in [7, 11) is -2.12. The number of alkyl carbamates (subject to hydrolysis) is 1. The van der Waals surface area contributed by atoms with Gasteiger partial charge >= 0.3 is 18.0 Å². The van der Waals surface area contributed by atoms with E-state index in [9.17, 15) is 14.4 Å². The van der Waals surface area contributed by atoms with Gasteiger partial charge in [0.05, 0.1) is 6.04 Å². The predicted molar refractivity (Wildman–Crippen MR) is 185 cm³/mol. The first kappa shape index (κ1) is 35.9. The summed E-state index contributed by atoms with van der Waals surface area (Å²) < 4.78 is 20.0. The van der Waals surface area contributed by atoms with Gasteiger partial charge in [-0.1, -0.05) is 37.8 Å². The molecule has 1 saturated carbocycles. The van der Waals surface area contributed by atoms with E-state index < -0.39 is 37.9 Å². The molecule has 1 unspecified atom stereocenters. The molecule has 5 rings (SSSR count). The third-order valence-electron chi connectivity index (χ3n) is 9.60. The number of aliphatic carboxylic acids is 1. The number of ether oxygens (including phenoxy) is 1. The smallest absolute Gasteiger partial charge is 0.407 e. The summed E-state index contributed by atoms with van der Waals surface area (Å²) in [6, 6.07) is 9.07. The molecule has 12 nitrogen and oxygen atoms in total. The third kappa shape index (κ3) is 8.25. The van der Waals surface area contributed by atoms with E-state index in [-0.39, 0.29) is 35.4 Å². The Morgan fingerprint density at radius 3 is 2.35 bits per heavy atom. The van der Waals surface area contributed by atoms with Crippen LogP contribution in [0.3, 0.4) is 0 Å². The number of carbonyl (C=O) groups is 3. The molecule has 0 radical (unpaired) electrons. The van der Waals surface area contributed by atoms with Crippen molar-refractivity contribution >= 4 is 26.3 Å². The second kappa shape index (κ2) is 13.5. The van der Waals surface area contributed by atoms with Gasteiger partial charge in [0.25, 0.3) is 0 Å². The molecular formula is C36H47N5O7Si. The van der Waals surface area contributed by atoms with Gasteiger partial charge in [0, 0.05) is 55.1 Å². The minimum Gasteiger partial charge on any atom is -0.474 e. The molecular weight excluding hydrogens is 643 g/mol. The van der Waals surface area contributed by atoms with Crippen LogP contribution in [0.15, 0.2) is 47.2 Å². The third-order valence-corrected chi connectivity index (χ3v) is 14.2. The Labute approximate surface area is 288 Å². The van der Waals surface area contributed by atoms with Crippen LogP contribution in [-0.2, 0) is 18.8 Å². The summed E-state index contributed by atoms with van der Waals surface area (Å²) in [5, 5.41) is 16.3. The molecule has 49 heavy (non-hydrogen) atoms. The van der Waals surface area contributed by atoms with Crippen molar-refractivity contribution in [1.29, 1.82) is 0 Å². The Morgan fingerprint density at radius 2 is 1.76 bits per heavy atom. The van der Waals surface area contributed by atoms with Crippen LogP contribution in [0, 0.1) is 29.6 Å². The Hall–Kier alpha value is -4.41. The number of nitrogens with zero attached hydrogens (tertiary/aromatic N) is 4. The molecule has 3 heterocycles. The first-order chi connectivity index (χ1) is 22.8. The molecule has 2 amide bonds. The Bertz CT molecular complexity index is 1740. The normalized spacial score (nSPS) is 20.1. The number of carboxylic acid groups (broad SMARTS) is 1. The minimum absolute atomic E-state index is 0.0162. The number of carboxylic acids is 1. The van der Waals surface area contributed by atoms with Crippen molar-refractivity contribution < 1.29 is 33.2 Å². The van der Waals surface area contributed by atoms with Gasteiger partial charge in [-0.25, -0.2) is 14.6 Å². The van der Waals surface area contributed by atoms with Crippen LogP contribution >= 0.6 is 0 Å². The van der Waals surface area contributed by atoms with Crippen molar-refractivity contribution in [3.8, 4) is 23.2 Å². The van der Waals surface area contributed by atoms with Gasteiger partial charge in [-0.2, -0.15) is 0 Å². The van der Waals surface area contributed by atoms with Crippen molar-refractivity contribution in [2.45, 2.75) is 84.3 Å². The van der Waals surface area contributed by atoms with Gasteiger partial charge in [0.2, 0.25) is 0 Å². The maximum atomic E-state index is 12.7. The number of likely N-dealkylation sites (tertiary alicyclic amines) is 1. The quantitative estimate of drug-likeness (QED) is 0.168. The van der Waals surface area contributed by atoms with Gasteiger partial charge in [0.1, 0.15) is 23.2 Å². The van der Waals surface area contributed by atoms with E-state index in [0.29, 0.717) is 30.4 Å². The first-order valence-corrected chi connectivity index (χ1v) is 19.5. The summed E-state index contributed by atoms with van der Waals surface area (Å²) in [4.78, 5) is 41.4. The first-order valence-electron chi connectivity index (χ1n) is 16.6. The van der Waals surface area contributed by atoms with E-state index in [4.69, 9.17) is 18.8 Å². The van der Waals surface area contributed by atoms with Gasteiger partial charge in [0.15, 0.2) is 14.1 Å². The van der Waals surface area contributed by atoms with Crippen LogP contribution in [-0.4, -0.2) is 76.2 Å². The molecule has 5 atom stereocenters. The number of imidazole rings is 1. The lowest BCUT2D eigenvalue weighted by Gasteiger charge is -2.38. The maximum Gasteiger partial charge on any atom is 0.407 e. The second-order valence-electron chi connectivity index (χ2n) is 15.4. The monoisotopic (exact) mass is 689 g/mol. The summed E-state index contributed by atoms with van der Waals surface area (Å²) in [5.74, 6) is 6.18. The van der Waals surface area contributed by atoms with E-state index in [1.807, 2.05) is 68.8 Å². The lowest BCUT2D eigenvalue weighted by atomic mass is 10.1. The number of amides is 2. The van der Waals surface area contributed by atoms with E-state index >= 15 is 0 Å². The summed E-state index contributed by atoms with van der Waals surface area (Å²) >= 11 is 0. The molecule has 3 aromatic rings. The predicted octanol–water partition coefficient (Wildman–Crippen LogP) is 5.88. The fraction of sp³-hybridized carbons (Fsp3) is 0.528. The molecule has 2 fully saturated rings. The maximum absolute atomic E-state index is 12.7. The van der Waals surface area contributed by atoms with E-state index in [2.05, 4.69) is 61.2 Å². The number of nitrogens with one attached hydrogen (secondary N) is 1. The summed E-state index contributed by atoms with van der Waals surface area (Å²) in [5.41, 5.74) is 1.61. The van der Waals surface area contributed by atoms with Crippen LogP contribution in [0.2, 0.25) is 18.1 Å². The number of benzene rings is 1. The molecule has 1 aliphatic carbocycles.